The lowest BCUT2D eigenvalue weighted by Crippen LogP contribution is -1.81. The van der Waals surface area contributed by atoms with Crippen LogP contribution < -0.4 is 0 Å². The quantitative estimate of drug-likeness (QED) is 0.656. The summed E-state index contributed by atoms with van der Waals surface area (Å²) in [5, 5.41) is 0.191. The van der Waals surface area contributed by atoms with Crippen LogP contribution in [0.15, 0.2) is 12.4 Å². The molecule has 11 heavy (non-hydrogen) atoms. The molecule has 5 heteroatoms. The van der Waals surface area contributed by atoms with Gasteiger partial charge in [-0.15, -0.1) is 0 Å². The Bertz CT molecular complexity index is 398. The number of fused-ring (bicyclic) bond motifs is 1. The molecular weight excluding hydrogens is 169 g/mol. The van der Waals surface area contributed by atoms with Crippen molar-refractivity contribution in [1.29, 1.82) is 0 Å². The fourth-order valence-corrected chi connectivity index (χ4v) is 0.973. The van der Waals surface area contributed by atoms with Crippen LogP contribution in [0.3, 0.4) is 0 Å². The number of aromatic nitrogens is 3. The second-order valence-electron chi connectivity index (χ2n) is 2.03. The summed E-state index contributed by atoms with van der Waals surface area (Å²) in [7, 11) is 0. The van der Waals surface area contributed by atoms with E-state index >= 15 is 0 Å². The summed E-state index contributed by atoms with van der Waals surface area (Å²) in [6.07, 6.45) is 2.56. The number of hydrogen-bond acceptors (Lipinski definition) is 2. The lowest BCUT2D eigenvalue weighted by atomic mass is 10.5. The average molecular weight is 172 g/mol. The van der Waals surface area contributed by atoms with Crippen molar-refractivity contribution < 1.29 is 4.39 Å². The minimum Gasteiger partial charge on any atom is -0.342 e. The number of aromatic amines is 1. The van der Waals surface area contributed by atoms with E-state index in [4.69, 9.17) is 11.6 Å². The molecule has 0 fully saturated rings. The fraction of sp³-hybridized carbons (Fsp3) is 0. The Morgan fingerprint density at radius 2 is 2.36 bits per heavy atom. The Morgan fingerprint density at radius 1 is 1.55 bits per heavy atom. The van der Waals surface area contributed by atoms with Crippen LogP contribution in [0.5, 0.6) is 0 Å². The number of nitrogens with zero attached hydrogens (tertiary/aromatic N) is 2. The van der Waals surface area contributed by atoms with Crippen molar-refractivity contribution in [2.75, 3.05) is 0 Å². The monoisotopic (exact) mass is 171 g/mol. The van der Waals surface area contributed by atoms with Crippen LogP contribution in [0, 0.1) is 5.82 Å². The van der Waals surface area contributed by atoms with E-state index in [1.54, 1.807) is 0 Å². The predicted molar refractivity (Wildman–Crippen MR) is 38.9 cm³/mol. The molecule has 1 N–H and O–H groups in total. The van der Waals surface area contributed by atoms with Crippen molar-refractivity contribution in [2.24, 2.45) is 0 Å². The molecule has 2 aromatic heterocycles. The SMILES string of the molecule is Fc1c[nH]c2ncc(Cl)nc12. The maximum Gasteiger partial charge on any atom is 0.168 e. The zero-order valence-corrected chi connectivity index (χ0v) is 6.06. The molecule has 0 aromatic carbocycles. The molecule has 0 aliphatic rings. The lowest BCUT2D eigenvalue weighted by molar-refractivity contribution is 0.636. The van der Waals surface area contributed by atoms with Crippen molar-refractivity contribution in [3.8, 4) is 0 Å². The molecule has 0 bridgehead atoms. The number of nitrogens with one attached hydrogen (secondary N) is 1. The van der Waals surface area contributed by atoms with Gasteiger partial charge in [-0.1, -0.05) is 11.6 Å². The minimum atomic E-state index is -0.435. The highest BCUT2D eigenvalue weighted by Crippen LogP contribution is 2.13. The molecule has 0 unspecified atom stereocenters. The summed E-state index contributed by atoms with van der Waals surface area (Å²) in [5.74, 6) is -0.435. The van der Waals surface area contributed by atoms with Crippen LogP contribution in [0.2, 0.25) is 5.15 Å². The minimum absolute atomic E-state index is 0.178. The van der Waals surface area contributed by atoms with Crippen molar-refractivity contribution in [3.05, 3.63) is 23.4 Å². The zero-order valence-electron chi connectivity index (χ0n) is 5.31. The van der Waals surface area contributed by atoms with Gasteiger partial charge in [0.25, 0.3) is 0 Å². The third-order valence-corrected chi connectivity index (χ3v) is 1.49. The summed E-state index contributed by atoms with van der Waals surface area (Å²) in [4.78, 5) is 10.2. The second-order valence-corrected chi connectivity index (χ2v) is 2.41. The van der Waals surface area contributed by atoms with Gasteiger partial charge in [-0.2, -0.15) is 0 Å². The van der Waals surface area contributed by atoms with E-state index in [0.717, 1.165) is 0 Å². The van der Waals surface area contributed by atoms with Crippen LogP contribution in [0.1, 0.15) is 0 Å². The molecule has 2 aromatic rings. The van der Waals surface area contributed by atoms with Crippen LogP contribution in [-0.2, 0) is 0 Å². The van der Waals surface area contributed by atoms with Gasteiger partial charge in [0.05, 0.1) is 6.20 Å². The van der Waals surface area contributed by atoms with Gasteiger partial charge in [-0.25, -0.2) is 14.4 Å². The predicted octanol–water partition coefficient (Wildman–Crippen LogP) is 1.75. The molecular formula is C6H3ClFN3. The Balaban J connectivity index is 2.87. The molecule has 0 amide bonds. The largest absolute Gasteiger partial charge is 0.342 e. The van der Waals surface area contributed by atoms with Crippen molar-refractivity contribution in [3.63, 3.8) is 0 Å². The number of hydrogen-bond donors (Lipinski definition) is 1. The van der Waals surface area contributed by atoms with Gasteiger partial charge in [-0.05, 0) is 0 Å². The average Bonchev–Trinajstić information content (AvgIpc) is 2.33. The maximum absolute atomic E-state index is 12.7. The van der Waals surface area contributed by atoms with Gasteiger partial charge in [0, 0.05) is 6.20 Å². The van der Waals surface area contributed by atoms with Gasteiger partial charge in [0.2, 0.25) is 0 Å². The Hall–Kier alpha value is -1.16. The van der Waals surface area contributed by atoms with Crippen LogP contribution in [0.25, 0.3) is 11.2 Å². The first-order chi connectivity index (χ1) is 5.27. The molecule has 0 saturated heterocycles. The second kappa shape index (κ2) is 2.17. The Labute approximate surface area is 66.2 Å². The standard InChI is InChI=1S/C6H3ClFN3/c7-4-2-10-6-5(11-4)3(8)1-9-6/h1-2H,(H,9,10). The first-order valence-corrected chi connectivity index (χ1v) is 3.30. The van der Waals surface area contributed by atoms with Gasteiger partial charge in [0.1, 0.15) is 10.7 Å². The molecule has 56 valence electrons. The molecule has 2 heterocycles. The van der Waals surface area contributed by atoms with E-state index in [1.165, 1.54) is 12.4 Å². The van der Waals surface area contributed by atoms with E-state index in [0.29, 0.717) is 5.65 Å². The first kappa shape index (κ1) is 6.54. The normalized spacial score (nSPS) is 10.7. The summed E-state index contributed by atoms with van der Waals surface area (Å²) >= 11 is 5.49. The van der Waals surface area contributed by atoms with Crippen LogP contribution >= 0.6 is 11.6 Å². The number of rotatable bonds is 0. The lowest BCUT2D eigenvalue weighted by Gasteiger charge is -1.88. The van der Waals surface area contributed by atoms with E-state index in [9.17, 15) is 4.39 Å². The molecule has 0 spiro atoms. The highest BCUT2D eigenvalue weighted by Gasteiger charge is 2.04. The van der Waals surface area contributed by atoms with E-state index in [-0.39, 0.29) is 10.7 Å². The topological polar surface area (TPSA) is 41.6 Å². The molecule has 2 rings (SSSR count). The van der Waals surface area contributed by atoms with Gasteiger partial charge < -0.3 is 4.98 Å². The molecule has 0 radical (unpaired) electrons. The third kappa shape index (κ3) is 0.952. The van der Waals surface area contributed by atoms with Gasteiger partial charge >= 0.3 is 0 Å². The smallest absolute Gasteiger partial charge is 0.168 e. The zero-order chi connectivity index (χ0) is 7.84. The van der Waals surface area contributed by atoms with Crippen LogP contribution in [-0.4, -0.2) is 15.0 Å². The van der Waals surface area contributed by atoms with Crippen molar-refractivity contribution >= 4 is 22.8 Å². The number of H-pyrrole nitrogens is 1. The summed E-state index contributed by atoms with van der Waals surface area (Å²) < 4.78 is 12.7. The molecule has 0 atom stereocenters. The fourth-order valence-electron chi connectivity index (χ4n) is 0.840. The summed E-state index contributed by atoms with van der Waals surface area (Å²) in [6, 6.07) is 0. The third-order valence-electron chi connectivity index (χ3n) is 1.30. The molecule has 0 aliphatic heterocycles. The molecule has 0 aliphatic carbocycles. The highest BCUT2D eigenvalue weighted by atomic mass is 35.5. The first-order valence-electron chi connectivity index (χ1n) is 2.92. The number of halogens is 2. The van der Waals surface area contributed by atoms with E-state index in [2.05, 4.69) is 15.0 Å². The molecule has 0 saturated carbocycles. The van der Waals surface area contributed by atoms with Crippen LogP contribution in [0.4, 0.5) is 4.39 Å². The van der Waals surface area contributed by atoms with Crippen molar-refractivity contribution in [2.45, 2.75) is 0 Å². The highest BCUT2D eigenvalue weighted by molar-refractivity contribution is 6.29. The molecule has 3 nitrogen and oxygen atoms in total. The van der Waals surface area contributed by atoms with Gasteiger partial charge in [0.15, 0.2) is 11.5 Å². The Kier molecular flexibility index (Phi) is 1.29. The summed E-state index contributed by atoms with van der Waals surface area (Å²) in [5.41, 5.74) is 0.587. The Morgan fingerprint density at radius 3 is 3.18 bits per heavy atom. The van der Waals surface area contributed by atoms with E-state index in [1.807, 2.05) is 0 Å². The van der Waals surface area contributed by atoms with E-state index < -0.39 is 5.82 Å². The maximum atomic E-state index is 12.7. The summed E-state index contributed by atoms with van der Waals surface area (Å²) in [6.45, 7) is 0. The van der Waals surface area contributed by atoms with Crippen molar-refractivity contribution in [1.82, 2.24) is 15.0 Å². The van der Waals surface area contributed by atoms with Gasteiger partial charge in [-0.3, -0.25) is 0 Å².